The van der Waals surface area contributed by atoms with Crippen molar-refractivity contribution in [2.24, 2.45) is 5.14 Å². The van der Waals surface area contributed by atoms with Gasteiger partial charge in [0.15, 0.2) is 6.61 Å². The number of carbonyl (C=O) groups is 2. The van der Waals surface area contributed by atoms with Crippen molar-refractivity contribution in [2.45, 2.75) is 31.8 Å². The Kier molecular flexibility index (Phi) is 8.03. The van der Waals surface area contributed by atoms with Crippen LogP contribution in [-0.2, 0) is 32.6 Å². The number of rotatable bonds is 10. The first-order valence-corrected chi connectivity index (χ1v) is 11.9. The molecule has 2 aromatic carbocycles. The summed E-state index contributed by atoms with van der Waals surface area (Å²) in [5.74, 6) is 0.169. The summed E-state index contributed by atoms with van der Waals surface area (Å²) in [7, 11) is -3.74. The van der Waals surface area contributed by atoms with Crippen LogP contribution in [-0.4, -0.2) is 38.6 Å². The smallest absolute Gasteiger partial charge is 0.338 e. The number of nitrogens with two attached hydrogens (primary N) is 1. The number of carbonyl (C=O) groups excluding carboxylic acids is 2. The SMILES string of the molecule is Cc1noc(C)c1COc1ccc(C(=O)OCC(=O)NCCc2ccc(S(N)(=O)=O)cc2)cc1. The van der Waals surface area contributed by atoms with E-state index < -0.39 is 28.5 Å². The summed E-state index contributed by atoms with van der Waals surface area (Å²) in [6.45, 7) is 3.80. The van der Waals surface area contributed by atoms with Crippen LogP contribution in [0.3, 0.4) is 0 Å². The van der Waals surface area contributed by atoms with Gasteiger partial charge in [-0.2, -0.15) is 0 Å². The van der Waals surface area contributed by atoms with Crippen molar-refractivity contribution >= 4 is 21.9 Å². The van der Waals surface area contributed by atoms with Crippen molar-refractivity contribution in [1.29, 1.82) is 0 Å². The second-order valence-electron chi connectivity index (χ2n) is 7.48. The number of aryl methyl sites for hydroxylation is 2. The number of aromatic nitrogens is 1. The largest absolute Gasteiger partial charge is 0.489 e. The lowest BCUT2D eigenvalue weighted by Gasteiger charge is -2.08. The monoisotopic (exact) mass is 487 g/mol. The molecule has 1 aromatic heterocycles. The van der Waals surface area contributed by atoms with Gasteiger partial charge in [0.05, 0.1) is 21.7 Å². The number of sulfonamides is 1. The van der Waals surface area contributed by atoms with E-state index in [4.69, 9.17) is 19.1 Å². The zero-order chi connectivity index (χ0) is 24.7. The van der Waals surface area contributed by atoms with Gasteiger partial charge in [0.2, 0.25) is 10.0 Å². The number of amides is 1. The highest BCUT2D eigenvalue weighted by atomic mass is 32.2. The van der Waals surface area contributed by atoms with Crippen LogP contribution in [0.5, 0.6) is 5.75 Å². The maximum Gasteiger partial charge on any atom is 0.338 e. The molecule has 0 atom stereocenters. The Hall–Kier alpha value is -3.70. The van der Waals surface area contributed by atoms with E-state index in [2.05, 4.69) is 10.5 Å². The van der Waals surface area contributed by atoms with Crippen molar-refractivity contribution in [3.05, 3.63) is 76.7 Å². The van der Waals surface area contributed by atoms with E-state index >= 15 is 0 Å². The van der Waals surface area contributed by atoms with Crippen molar-refractivity contribution in [1.82, 2.24) is 10.5 Å². The minimum absolute atomic E-state index is 0.0206. The van der Waals surface area contributed by atoms with Gasteiger partial charge in [-0.05, 0) is 62.2 Å². The molecule has 0 aliphatic carbocycles. The molecule has 0 saturated carbocycles. The number of nitrogens with one attached hydrogen (secondary N) is 1. The number of ether oxygens (including phenoxy) is 2. The van der Waals surface area contributed by atoms with Crippen LogP contribution in [0.2, 0.25) is 0 Å². The molecular weight excluding hydrogens is 462 g/mol. The Balaban J connectivity index is 1.39. The molecule has 0 aliphatic heterocycles. The maximum absolute atomic E-state index is 12.2. The van der Waals surface area contributed by atoms with Gasteiger partial charge in [-0.3, -0.25) is 4.79 Å². The fourth-order valence-electron chi connectivity index (χ4n) is 3.01. The number of esters is 1. The predicted octanol–water partition coefficient (Wildman–Crippen LogP) is 2.03. The third-order valence-corrected chi connectivity index (χ3v) is 5.91. The summed E-state index contributed by atoms with van der Waals surface area (Å²) in [4.78, 5) is 24.1. The molecule has 1 heterocycles. The van der Waals surface area contributed by atoms with Crippen molar-refractivity contribution in [3.8, 4) is 5.75 Å². The summed E-state index contributed by atoms with van der Waals surface area (Å²) < 4.78 is 38.3. The van der Waals surface area contributed by atoms with Crippen molar-refractivity contribution in [3.63, 3.8) is 0 Å². The zero-order valence-corrected chi connectivity index (χ0v) is 19.6. The Bertz CT molecular complexity index is 1230. The third kappa shape index (κ3) is 6.90. The molecule has 3 rings (SSSR count). The second kappa shape index (κ2) is 10.9. The number of hydrogen-bond donors (Lipinski definition) is 2. The van der Waals surface area contributed by atoms with Gasteiger partial charge >= 0.3 is 5.97 Å². The molecule has 10 nitrogen and oxygen atoms in total. The maximum atomic E-state index is 12.2. The Morgan fingerprint density at radius 1 is 1.06 bits per heavy atom. The van der Waals surface area contributed by atoms with Gasteiger partial charge in [0.25, 0.3) is 5.91 Å². The van der Waals surface area contributed by atoms with Gasteiger partial charge in [-0.15, -0.1) is 0 Å². The van der Waals surface area contributed by atoms with E-state index in [1.807, 2.05) is 13.8 Å². The molecule has 0 aliphatic rings. The van der Waals surface area contributed by atoms with E-state index in [-0.39, 0.29) is 10.5 Å². The van der Waals surface area contributed by atoms with Crippen LogP contribution in [0, 0.1) is 13.8 Å². The molecule has 0 radical (unpaired) electrons. The molecule has 0 spiro atoms. The number of hydrogen-bond acceptors (Lipinski definition) is 8. The van der Waals surface area contributed by atoms with Crippen molar-refractivity contribution < 1.29 is 32.0 Å². The summed E-state index contributed by atoms with van der Waals surface area (Å²) in [5, 5.41) is 11.6. The highest BCUT2D eigenvalue weighted by molar-refractivity contribution is 7.89. The fourth-order valence-corrected chi connectivity index (χ4v) is 3.52. The van der Waals surface area contributed by atoms with Crippen LogP contribution in [0.25, 0.3) is 0 Å². The first-order valence-electron chi connectivity index (χ1n) is 10.3. The predicted molar refractivity (Wildman–Crippen MR) is 122 cm³/mol. The summed E-state index contributed by atoms with van der Waals surface area (Å²) in [6, 6.07) is 12.4. The van der Waals surface area contributed by atoms with Crippen LogP contribution in [0.4, 0.5) is 0 Å². The zero-order valence-electron chi connectivity index (χ0n) is 18.7. The fraction of sp³-hybridized carbons (Fsp3) is 0.261. The first kappa shape index (κ1) is 24.9. The average Bonchev–Trinajstić information content (AvgIpc) is 3.13. The minimum atomic E-state index is -3.74. The van der Waals surface area contributed by atoms with E-state index in [1.54, 1.807) is 36.4 Å². The Labute approximate surface area is 197 Å². The van der Waals surface area contributed by atoms with E-state index in [0.717, 1.165) is 16.8 Å². The van der Waals surface area contributed by atoms with Crippen LogP contribution in [0.1, 0.15) is 32.9 Å². The molecule has 0 fully saturated rings. The molecule has 180 valence electrons. The van der Waals surface area contributed by atoms with Crippen LogP contribution in [0.15, 0.2) is 57.9 Å². The van der Waals surface area contributed by atoms with Gasteiger partial charge in [0.1, 0.15) is 18.1 Å². The number of nitrogens with zero attached hydrogens (tertiary/aromatic N) is 1. The van der Waals surface area contributed by atoms with Gasteiger partial charge < -0.3 is 19.3 Å². The average molecular weight is 488 g/mol. The number of primary sulfonamides is 1. The van der Waals surface area contributed by atoms with Gasteiger partial charge in [-0.25, -0.2) is 18.4 Å². The summed E-state index contributed by atoms with van der Waals surface area (Å²) in [5.41, 5.74) is 2.74. The topological polar surface area (TPSA) is 151 Å². The minimum Gasteiger partial charge on any atom is -0.489 e. The highest BCUT2D eigenvalue weighted by Crippen LogP contribution is 2.18. The van der Waals surface area contributed by atoms with E-state index in [9.17, 15) is 18.0 Å². The standard InChI is InChI=1S/C23H25N3O7S/c1-15-21(16(2)33-26-15)13-31-19-7-5-18(6-8-19)23(28)32-14-22(27)25-12-11-17-3-9-20(10-4-17)34(24,29)30/h3-10H,11-14H2,1-2H3,(H,25,27)(H2,24,29,30). The Morgan fingerprint density at radius 2 is 1.74 bits per heavy atom. The lowest BCUT2D eigenvalue weighted by atomic mass is 10.1. The molecule has 3 aromatic rings. The van der Waals surface area contributed by atoms with Crippen molar-refractivity contribution in [2.75, 3.05) is 13.2 Å². The molecule has 3 N–H and O–H groups in total. The number of benzene rings is 2. The normalized spacial score (nSPS) is 11.1. The molecular formula is C23H25N3O7S. The molecule has 0 saturated heterocycles. The van der Waals surface area contributed by atoms with Crippen LogP contribution >= 0.6 is 0 Å². The molecule has 0 bridgehead atoms. The second-order valence-corrected chi connectivity index (χ2v) is 9.04. The summed E-state index contributed by atoms with van der Waals surface area (Å²) >= 11 is 0. The molecule has 11 heteroatoms. The first-order chi connectivity index (χ1) is 16.1. The lowest BCUT2D eigenvalue weighted by molar-refractivity contribution is -0.124. The third-order valence-electron chi connectivity index (χ3n) is 4.98. The van der Waals surface area contributed by atoms with E-state index in [1.165, 1.54) is 12.1 Å². The van der Waals surface area contributed by atoms with E-state index in [0.29, 0.717) is 31.1 Å². The summed E-state index contributed by atoms with van der Waals surface area (Å²) in [6.07, 6.45) is 0.472. The molecule has 1 amide bonds. The highest BCUT2D eigenvalue weighted by Gasteiger charge is 2.12. The molecule has 0 unspecified atom stereocenters. The lowest BCUT2D eigenvalue weighted by Crippen LogP contribution is -2.30. The van der Waals surface area contributed by atoms with Gasteiger partial charge in [0, 0.05) is 6.54 Å². The quantitative estimate of drug-likeness (QED) is 0.412. The van der Waals surface area contributed by atoms with Crippen LogP contribution < -0.4 is 15.2 Å². The van der Waals surface area contributed by atoms with Gasteiger partial charge in [-0.1, -0.05) is 17.3 Å². The Morgan fingerprint density at radius 3 is 2.32 bits per heavy atom. The molecule has 34 heavy (non-hydrogen) atoms.